The van der Waals surface area contributed by atoms with Crippen molar-refractivity contribution in [3.05, 3.63) is 38.5 Å². The Kier molecular flexibility index (Phi) is 6.46. The summed E-state index contributed by atoms with van der Waals surface area (Å²) < 4.78 is 0.212. The predicted molar refractivity (Wildman–Crippen MR) is 93.0 cm³/mol. The number of H-pyrrole nitrogens is 2. The zero-order valence-corrected chi connectivity index (χ0v) is 14.1. The van der Waals surface area contributed by atoms with E-state index >= 15 is 0 Å². The molecule has 6 nitrogen and oxygen atoms in total. The van der Waals surface area contributed by atoms with Crippen LogP contribution in [0.5, 0.6) is 0 Å². The molecule has 0 spiro atoms. The summed E-state index contributed by atoms with van der Waals surface area (Å²) in [5.41, 5.74) is 4.94. The predicted octanol–water partition coefficient (Wildman–Crippen LogP) is 2.75. The molecule has 0 saturated heterocycles. The summed E-state index contributed by atoms with van der Waals surface area (Å²) in [4.78, 5) is 28.5. The molecule has 1 aliphatic rings. The van der Waals surface area contributed by atoms with Crippen molar-refractivity contribution in [1.82, 2.24) is 15.4 Å². The fourth-order valence-corrected chi connectivity index (χ4v) is 2.79. The molecule has 23 heavy (non-hydrogen) atoms. The van der Waals surface area contributed by atoms with Crippen molar-refractivity contribution in [2.24, 2.45) is 5.10 Å². The molecule has 0 saturated carbocycles. The highest BCUT2D eigenvalue weighted by molar-refractivity contribution is 7.71. The molecule has 0 atom stereocenters. The molecular weight excluding hydrogens is 312 g/mol. The minimum atomic E-state index is -0.320. The molecule has 1 amide bonds. The van der Waals surface area contributed by atoms with Gasteiger partial charge in [0.25, 0.3) is 5.56 Å². The molecule has 0 unspecified atom stereocenters. The molecule has 1 heterocycles. The van der Waals surface area contributed by atoms with Crippen molar-refractivity contribution >= 4 is 23.8 Å². The van der Waals surface area contributed by atoms with Gasteiger partial charge in [-0.15, -0.1) is 0 Å². The molecule has 0 radical (unpaired) electrons. The van der Waals surface area contributed by atoms with Crippen LogP contribution in [0.1, 0.15) is 51.1 Å². The van der Waals surface area contributed by atoms with Gasteiger partial charge in [0, 0.05) is 11.8 Å². The van der Waals surface area contributed by atoms with E-state index in [1.165, 1.54) is 24.5 Å². The van der Waals surface area contributed by atoms with Crippen molar-refractivity contribution in [2.75, 3.05) is 0 Å². The lowest BCUT2D eigenvalue weighted by Gasteiger charge is -2.06. The van der Waals surface area contributed by atoms with E-state index in [9.17, 15) is 9.59 Å². The van der Waals surface area contributed by atoms with Crippen LogP contribution in [0.4, 0.5) is 0 Å². The average molecular weight is 334 g/mol. The molecule has 3 N–H and O–H groups in total. The van der Waals surface area contributed by atoms with Gasteiger partial charge in [-0.1, -0.05) is 25.8 Å². The molecule has 1 aromatic rings. The van der Waals surface area contributed by atoms with Crippen molar-refractivity contribution in [1.29, 1.82) is 0 Å². The lowest BCUT2D eigenvalue weighted by molar-refractivity contribution is -0.120. The fourth-order valence-electron chi connectivity index (χ4n) is 2.56. The molecule has 1 aromatic heterocycles. The highest BCUT2D eigenvalue weighted by atomic mass is 32.1. The number of amides is 1. The number of aromatic amines is 2. The van der Waals surface area contributed by atoms with Gasteiger partial charge in [0.15, 0.2) is 4.77 Å². The first-order valence-electron chi connectivity index (χ1n) is 7.96. The molecule has 0 aliphatic heterocycles. The number of carbonyl (C=O) groups excluding carboxylic acids is 1. The van der Waals surface area contributed by atoms with E-state index in [2.05, 4.69) is 33.5 Å². The third-order valence-electron chi connectivity index (χ3n) is 3.67. The topological polar surface area (TPSA) is 90.1 Å². The molecule has 0 bridgehead atoms. The van der Waals surface area contributed by atoms with Gasteiger partial charge in [0.2, 0.25) is 5.91 Å². The zero-order valence-electron chi connectivity index (χ0n) is 13.3. The van der Waals surface area contributed by atoms with Gasteiger partial charge in [0.1, 0.15) is 0 Å². The number of rotatable bonds is 7. The van der Waals surface area contributed by atoms with Gasteiger partial charge < -0.3 is 4.98 Å². The zero-order chi connectivity index (χ0) is 16.7. The molecule has 2 rings (SSSR count). The van der Waals surface area contributed by atoms with Crippen LogP contribution in [-0.4, -0.2) is 21.6 Å². The van der Waals surface area contributed by atoms with Gasteiger partial charge in [-0.05, 0) is 43.5 Å². The normalized spacial score (nSPS) is 15.7. The maximum Gasteiger partial charge on any atom is 0.251 e. The van der Waals surface area contributed by atoms with Crippen molar-refractivity contribution in [3.8, 4) is 0 Å². The summed E-state index contributed by atoms with van der Waals surface area (Å²) in [6.45, 7) is 2.18. The number of allylic oxidation sites excluding steroid dienone is 2. The summed E-state index contributed by atoms with van der Waals surface area (Å²) in [6, 6.07) is 1.33. The largest absolute Gasteiger partial charge is 0.335 e. The van der Waals surface area contributed by atoms with Gasteiger partial charge in [-0.3, -0.25) is 14.6 Å². The Morgan fingerprint density at radius 1 is 1.39 bits per heavy atom. The Labute approximate surface area is 140 Å². The smallest absolute Gasteiger partial charge is 0.251 e. The fraction of sp³-hybridized carbons (Fsp3) is 0.500. The van der Waals surface area contributed by atoms with Crippen molar-refractivity contribution in [3.63, 3.8) is 0 Å². The number of carbonyl (C=O) groups is 1. The quantitative estimate of drug-likeness (QED) is 0.407. The van der Waals surface area contributed by atoms with Crippen molar-refractivity contribution in [2.45, 2.75) is 51.9 Å². The molecule has 124 valence electrons. The maximum absolute atomic E-state index is 12.0. The molecule has 1 aliphatic carbocycles. The van der Waals surface area contributed by atoms with Gasteiger partial charge >= 0.3 is 0 Å². The van der Waals surface area contributed by atoms with E-state index < -0.39 is 0 Å². The van der Waals surface area contributed by atoms with Crippen LogP contribution in [0.15, 0.2) is 27.6 Å². The Morgan fingerprint density at radius 3 is 2.96 bits per heavy atom. The summed E-state index contributed by atoms with van der Waals surface area (Å²) >= 11 is 4.88. The monoisotopic (exact) mass is 334 g/mol. The van der Waals surface area contributed by atoms with Crippen LogP contribution in [-0.2, 0) is 11.2 Å². The number of aromatic nitrogens is 2. The Morgan fingerprint density at radius 2 is 2.22 bits per heavy atom. The first-order valence-corrected chi connectivity index (χ1v) is 8.36. The second kappa shape index (κ2) is 8.57. The molecular formula is C16H22N4O2S. The van der Waals surface area contributed by atoms with E-state index in [1.807, 2.05) is 0 Å². The maximum atomic E-state index is 12.0. The van der Waals surface area contributed by atoms with E-state index in [4.69, 9.17) is 12.2 Å². The first kappa shape index (κ1) is 17.3. The number of hydrogen-bond donors (Lipinski definition) is 3. The van der Waals surface area contributed by atoms with Crippen LogP contribution < -0.4 is 11.0 Å². The number of hydrogen-bond acceptors (Lipinski definition) is 4. The van der Waals surface area contributed by atoms with Gasteiger partial charge in [0.05, 0.1) is 12.1 Å². The minimum Gasteiger partial charge on any atom is -0.335 e. The number of nitrogens with one attached hydrogen (secondary N) is 3. The van der Waals surface area contributed by atoms with E-state index in [0.29, 0.717) is 5.69 Å². The number of unbranched alkanes of at least 4 members (excludes halogenated alkanes) is 2. The van der Waals surface area contributed by atoms with Gasteiger partial charge in [-0.2, -0.15) is 5.10 Å². The van der Waals surface area contributed by atoms with E-state index in [-0.39, 0.29) is 22.7 Å². The minimum absolute atomic E-state index is 0.0409. The van der Waals surface area contributed by atoms with Crippen molar-refractivity contribution < 1.29 is 4.79 Å². The lowest BCUT2D eigenvalue weighted by Crippen LogP contribution is -2.23. The van der Waals surface area contributed by atoms with Crippen LogP contribution >= 0.6 is 12.2 Å². The Bertz CT molecular complexity index is 702. The summed E-state index contributed by atoms with van der Waals surface area (Å²) in [5.74, 6) is -0.270. The Hall–Kier alpha value is -2.02. The molecule has 0 aromatic carbocycles. The average Bonchev–Trinajstić information content (AvgIpc) is 2.92. The number of hydrazone groups is 1. The van der Waals surface area contributed by atoms with Crippen LogP contribution in [0.25, 0.3) is 0 Å². The van der Waals surface area contributed by atoms with E-state index in [1.54, 1.807) is 0 Å². The second-order valence-corrected chi connectivity index (χ2v) is 6.02. The SMILES string of the molecule is CCCCCC1=CCC/C1=N/NC(=O)Cc1cc(=O)[nH]c(=S)[nH]1. The van der Waals surface area contributed by atoms with Crippen LogP contribution in [0, 0.1) is 4.77 Å². The highest BCUT2D eigenvalue weighted by Crippen LogP contribution is 2.20. The van der Waals surface area contributed by atoms with E-state index in [0.717, 1.165) is 31.4 Å². The van der Waals surface area contributed by atoms with Crippen LogP contribution in [0.3, 0.4) is 0 Å². The standard InChI is InChI=1S/C16H22N4O2S/c1-2-3-4-6-11-7-5-8-13(11)19-20-15(22)10-12-9-14(21)18-16(23)17-12/h7,9H,2-6,8,10H2,1H3,(H,20,22)(H2,17,18,21,23)/b19-13-. The molecule has 0 fully saturated rings. The third-order valence-corrected chi connectivity index (χ3v) is 3.88. The van der Waals surface area contributed by atoms with Gasteiger partial charge in [-0.25, -0.2) is 5.43 Å². The second-order valence-electron chi connectivity index (χ2n) is 5.61. The summed E-state index contributed by atoms with van der Waals surface area (Å²) in [5, 5.41) is 4.25. The highest BCUT2D eigenvalue weighted by Gasteiger charge is 2.13. The Balaban J connectivity index is 1.91. The lowest BCUT2D eigenvalue weighted by atomic mass is 10.1. The summed E-state index contributed by atoms with van der Waals surface area (Å²) in [7, 11) is 0. The first-order chi connectivity index (χ1) is 11.1. The molecule has 7 heteroatoms. The summed E-state index contributed by atoms with van der Waals surface area (Å²) in [6.07, 6.45) is 8.66. The third kappa shape index (κ3) is 5.59. The number of nitrogens with zero attached hydrogens (tertiary/aromatic N) is 1. The van der Waals surface area contributed by atoms with Crippen LogP contribution in [0.2, 0.25) is 0 Å².